The second-order valence-electron chi connectivity index (χ2n) is 6.71. The predicted octanol–water partition coefficient (Wildman–Crippen LogP) is 4.54. The van der Waals surface area contributed by atoms with Gasteiger partial charge in [0.25, 0.3) is 0 Å². The van der Waals surface area contributed by atoms with Crippen LogP contribution in [0.3, 0.4) is 0 Å². The largest absolute Gasteiger partial charge is 0.492 e. The number of hydrogen-bond donors (Lipinski definition) is 1. The number of benzene rings is 2. The fourth-order valence-electron chi connectivity index (χ4n) is 3.34. The van der Waals surface area contributed by atoms with Gasteiger partial charge < -0.3 is 15.0 Å². The van der Waals surface area contributed by atoms with Crippen molar-refractivity contribution in [2.24, 2.45) is 0 Å². The molecule has 1 aliphatic rings. The van der Waals surface area contributed by atoms with E-state index >= 15 is 0 Å². The number of hydrogen-bond acceptors (Lipinski definition) is 4. The number of para-hydroxylation sites is 2. The normalized spacial score (nSPS) is 15.9. The Hall–Kier alpha value is -1.95. The summed E-state index contributed by atoms with van der Waals surface area (Å²) in [6, 6.07) is 12.9. The average Bonchev–Trinajstić information content (AvgIpc) is 2.71. The average molecular weight is 422 g/mol. The first-order chi connectivity index (χ1) is 13.5. The molecule has 0 aliphatic carbocycles. The van der Waals surface area contributed by atoms with Gasteiger partial charge in [-0.3, -0.25) is 9.69 Å². The molecule has 0 aromatic heterocycles. The van der Waals surface area contributed by atoms with Crippen LogP contribution in [-0.4, -0.2) is 49.6 Å². The topological polar surface area (TPSA) is 44.8 Å². The van der Waals surface area contributed by atoms with Crippen LogP contribution in [0.25, 0.3) is 0 Å². The molecule has 0 radical (unpaired) electrons. The minimum Gasteiger partial charge on any atom is -0.492 e. The van der Waals surface area contributed by atoms with E-state index in [1.807, 2.05) is 32.0 Å². The second-order valence-corrected chi connectivity index (χ2v) is 7.56. The Labute approximate surface area is 176 Å². The number of nitrogens with zero attached hydrogens (tertiary/aromatic N) is 2. The lowest BCUT2D eigenvalue weighted by atomic mass is 10.2. The third-order valence-electron chi connectivity index (χ3n) is 4.93. The summed E-state index contributed by atoms with van der Waals surface area (Å²) in [7, 11) is 0. The Bertz CT molecular complexity index is 823. The van der Waals surface area contributed by atoms with Crippen LogP contribution in [0, 0.1) is 0 Å². The van der Waals surface area contributed by atoms with E-state index in [4.69, 9.17) is 27.9 Å². The zero-order valence-corrected chi connectivity index (χ0v) is 17.6. The van der Waals surface area contributed by atoms with Gasteiger partial charge in [-0.2, -0.15) is 0 Å². The van der Waals surface area contributed by atoms with E-state index in [2.05, 4.69) is 21.2 Å². The number of ether oxygens (including phenoxy) is 1. The highest BCUT2D eigenvalue weighted by Gasteiger charge is 2.27. The highest BCUT2D eigenvalue weighted by molar-refractivity contribution is 6.35. The fourth-order valence-corrected chi connectivity index (χ4v) is 3.68. The minimum absolute atomic E-state index is 0.0904. The molecule has 1 fully saturated rings. The van der Waals surface area contributed by atoms with Gasteiger partial charge in [0.1, 0.15) is 5.75 Å². The summed E-state index contributed by atoms with van der Waals surface area (Å²) < 4.78 is 5.75. The molecule has 2 aromatic rings. The van der Waals surface area contributed by atoms with E-state index in [-0.39, 0.29) is 11.9 Å². The number of nitrogens with one attached hydrogen (secondary N) is 1. The maximum absolute atomic E-state index is 12.7. The van der Waals surface area contributed by atoms with E-state index in [1.54, 1.807) is 18.2 Å². The summed E-state index contributed by atoms with van der Waals surface area (Å²) in [6.07, 6.45) is 0. The Kier molecular flexibility index (Phi) is 7.05. The van der Waals surface area contributed by atoms with Crippen molar-refractivity contribution in [3.8, 4) is 5.75 Å². The maximum Gasteiger partial charge on any atom is 0.241 e. The molecule has 1 aliphatic heterocycles. The van der Waals surface area contributed by atoms with Crippen LogP contribution >= 0.6 is 23.2 Å². The number of anilines is 2. The molecule has 1 saturated heterocycles. The zero-order valence-electron chi connectivity index (χ0n) is 16.1. The lowest BCUT2D eigenvalue weighted by molar-refractivity contribution is -0.120. The molecule has 0 unspecified atom stereocenters. The summed E-state index contributed by atoms with van der Waals surface area (Å²) in [4.78, 5) is 17.2. The number of carbonyl (C=O) groups is 1. The van der Waals surface area contributed by atoms with Gasteiger partial charge in [-0.1, -0.05) is 35.3 Å². The molecule has 0 spiro atoms. The van der Waals surface area contributed by atoms with Crippen molar-refractivity contribution in [3.63, 3.8) is 0 Å². The molecule has 1 heterocycles. The highest BCUT2D eigenvalue weighted by atomic mass is 35.5. The molecule has 150 valence electrons. The first kappa shape index (κ1) is 20.8. The minimum atomic E-state index is -0.265. The summed E-state index contributed by atoms with van der Waals surface area (Å²) >= 11 is 12.2. The van der Waals surface area contributed by atoms with E-state index < -0.39 is 0 Å². The second kappa shape index (κ2) is 9.50. The molecule has 1 amide bonds. The van der Waals surface area contributed by atoms with Crippen molar-refractivity contribution in [2.45, 2.75) is 19.9 Å². The van der Waals surface area contributed by atoms with Gasteiger partial charge in [-0.05, 0) is 44.2 Å². The van der Waals surface area contributed by atoms with Crippen LogP contribution in [0.15, 0.2) is 42.5 Å². The molecule has 2 aromatic carbocycles. The first-order valence-corrected chi connectivity index (χ1v) is 10.2. The van der Waals surface area contributed by atoms with Crippen molar-refractivity contribution in [3.05, 3.63) is 52.5 Å². The summed E-state index contributed by atoms with van der Waals surface area (Å²) in [5.41, 5.74) is 1.64. The van der Waals surface area contributed by atoms with Crippen LogP contribution < -0.4 is 15.0 Å². The number of amides is 1. The molecule has 7 heteroatoms. The molecule has 3 rings (SSSR count). The molecule has 5 nitrogen and oxygen atoms in total. The summed E-state index contributed by atoms with van der Waals surface area (Å²) in [6.45, 7) is 7.79. The quantitative estimate of drug-likeness (QED) is 0.743. The lowest BCUT2D eigenvalue weighted by Crippen LogP contribution is -2.52. The summed E-state index contributed by atoms with van der Waals surface area (Å²) in [5.74, 6) is 0.812. The van der Waals surface area contributed by atoms with Gasteiger partial charge in [0.2, 0.25) is 5.91 Å². The van der Waals surface area contributed by atoms with Gasteiger partial charge >= 0.3 is 0 Å². The van der Waals surface area contributed by atoms with Gasteiger partial charge in [-0.25, -0.2) is 0 Å². The zero-order chi connectivity index (χ0) is 20.1. The summed E-state index contributed by atoms with van der Waals surface area (Å²) in [5, 5.41) is 3.90. The molecule has 0 saturated carbocycles. The number of carbonyl (C=O) groups excluding carboxylic acids is 1. The van der Waals surface area contributed by atoms with Gasteiger partial charge in [0, 0.05) is 31.2 Å². The maximum atomic E-state index is 12.7. The van der Waals surface area contributed by atoms with E-state index in [9.17, 15) is 4.79 Å². The third kappa shape index (κ3) is 4.90. The van der Waals surface area contributed by atoms with Gasteiger partial charge in [-0.15, -0.1) is 0 Å². The molecule has 28 heavy (non-hydrogen) atoms. The number of rotatable bonds is 6. The van der Waals surface area contributed by atoms with E-state index in [0.29, 0.717) is 22.3 Å². The van der Waals surface area contributed by atoms with Gasteiger partial charge in [0.05, 0.1) is 29.0 Å². The van der Waals surface area contributed by atoms with E-state index in [0.717, 1.165) is 37.6 Å². The number of piperazine rings is 1. The van der Waals surface area contributed by atoms with Crippen molar-refractivity contribution in [1.82, 2.24) is 4.90 Å². The third-order valence-corrected chi connectivity index (χ3v) is 5.50. The molecule has 0 bridgehead atoms. The monoisotopic (exact) mass is 421 g/mol. The SMILES string of the molecule is CCOc1ccccc1N1CCN([C@H](C)C(=O)Nc2cc(Cl)ccc2Cl)CC1. The molecular weight excluding hydrogens is 397 g/mol. The first-order valence-electron chi connectivity index (χ1n) is 9.46. The Balaban J connectivity index is 1.60. The van der Waals surface area contributed by atoms with Crippen molar-refractivity contribution >= 4 is 40.5 Å². The molecule has 1 N–H and O–H groups in total. The lowest BCUT2D eigenvalue weighted by Gasteiger charge is -2.39. The Morgan fingerprint density at radius 1 is 1.14 bits per heavy atom. The highest BCUT2D eigenvalue weighted by Crippen LogP contribution is 2.29. The van der Waals surface area contributed by atoms with Crippen molar-refractivity contribution in [2.75, 3.05) is 43.0 Å². The number of halogens is 2. The Morgan fingerprint density at radius 2 is 1.86 bits per heavy atom. The van der Waals surface area contributed by atoms with Gasteiger partial charge in [0.15, 0.2) is 0 Å². The van der Waals surface area contributed by atoms with Crippen LogP contribution in [-0.2, 0) is 4.79 Å². The van der Waals surface area contributed by atoms with Crippen LogP contribution in [0.5, 0.6) is 5.75 Å². The molecule has 1 atom stereocenters. The fraction of sp³-hybridized carbons (Fsp3) is 0.381. The van der Waals surface area contributed by atoms with Crippen molar-refractivity contribution in [1.29, 1.82) is 0 Å². The smallest absolute Gasteiger partial charge is 0.241 e. The standard InChI is InChI=1S/C21H25Cl2N3O2/c1-3-28-20-7-5-4-6-19(20)26-12-10-25(11-13-26)15(2)21(27)24-18-14-16(22)8-9-17(18)23/h4-9,14-15H,3,10-13H2,1-2H3,(H,24,27)/t15-/m1/s1. The predicted molar refractivity (Wildman–Crippen MR) is 116 cm³/mol. The van der Waals surface area contributed by atoms with Crippen LogP contribution in [0.1, 0.15) is 13.8 Å². The van der Waals surface area contributed by atoms with Crippen molar-refractivity contribution < 1.29 is 9.53 Å². The van der Waals surface area contributed by atoms with Crippen LogP contribution in [0.2, 0.25) is 10.0 Å². The molecular formula is C21H25Cl2N3O2. The Morgan fingerprint density at radius 3 is 2.57 bits per heavy atom. The van der Waals surface area contributed by atoms with E-state index in [1.165, 1.54) is 0 Å². The van der Waals surface area contributed by atoms with Crippen LogP contribution in [0.4, 0.5) is 11.4 Å².